The van der Waals surface area contributed by atoms with Crippen LogP contribution < -0.4 is 26.0 Å². The average Bonchev–Trinajstić information content (AvgIpc) is 2.82. The topological polar surface area (TPSA) is 108 Å². The number of carbonyl (C=O) groups excluding carboxylic acids is 1. The Morgan fingerprint density at radius 1 is 1.16 bits per heavy atom. The summed E-state index contributed by atoms with van der Waals surface area (Å²) in [6.07, 6.45) is 1.39. The standard InChI is InChI=1S/C25H27ClFN6O3P/c1-33(2)12-8-11-23(34)29-19-14-20(21(36-3)13-17(19)27)31-25-28-15-16(26)24(32-25)30-18-9-6-7-10-22(18)37(4,5)35/h6-7,9-10,13-15H,12H2,1-5H3,(H,29,34)(H2,28,30,31,32). The van der Waals surface area contributed by atoms with Crippen LogP contribution in [-0.2, 0) is 9.36 Å². The third kappa shape index (κ3) is 7.67. The van der Waals surface area contributed by atoms with Gasteiger partial charge in [-0.25, -0.2) is 9.37 Å². The first-order valence-electron chi connectivity index (χ1n) is 11.0. The number of methoxy groups -OCH3 is 1. The number of rotatable bonds is 8. The van der Waals surface area contributed by atoms with Crippen molar-refractivity contribution in [2.75, 3.05) is 57.0 Å². The molecule has 0 radical (unpaired) electrons. The van der Waals surface area contributed by atoms with Crippen LogP contribution in [0.1, 0.15) is 0 Å². The number of anilines is 5. The predicted octanol–water partition coefficient (Wildman–Crippen LogP) is 4.52. The van der Waals surface area contributed by atoms with Crippen molar-refractivity contribution in [3.05, 3.63) is 53.4 Å². The van der Waals surface area contributed by atoms with E-state index in [1.807, 2.05) is 14.1 Å². The molecule has 3 N–H and O–H groups in total. The Morgan fingerprint density at radius 2 is 1.89 bits per heavy atom. The molecule has 0 aliphatic heterocycles. The van der Waals surface area contributed by atoms with Gasteiger partial charge in [0.2, 0.25) is 5.95 Å². The van der Waals surface area contributed by atoms with Gasteiger partial charge in [-0.3, -0.25) is 9.69 Å². The fraction of sp³-hybridized carbons (Fsp3) is 0.240. The normalized spacial score (nSPS) is 10.9. The van der Waals surface area contributed by atoms with E-state index in [-0.39, 0.29) is 28.2 Å². The summed E-state index contributed by atoms with van der Waals surface area (Å²) >= 11 is 6.32. The summed E-state index contributed by atoms with van der Waals surface area (Å²) in [6.45, 7) is 3.73. The van der Waals surface area contributed by atoms with Gasteiger partial charge in [-0.15, -0.1) is 0 Å². The van der Waals surface area contributed by atoms with Crippen molar-refractivity contribution in [3.63, 3.8) is 0 Å². The van der Waals surface area contributed by atoms with E-state index in [4.69, 9.17) is 16.3 Å². The minimum absolute atomic E-state index is 0.102. The molecule has 0 bridgehead atoms. The van der Waals surface area contributed by atoms with Crippen molar-refractivity contribution in [1.82, 2.24) is 14.9 Å². The van der Waals surface area contributed by atoms with Crippen LogP contribution in [0.4, 0.5) is 33.2 Å². The molecule has 194 valence electrons. The van der Waals surface area contributed by atoms with Gasteiger partial charge in [-0.1, -0.05) is 29.7 Å². The number of ether oxygens (including phenoxy) is 1. The summed E-state index contributed by atoms with van der Waals surface area (Å²) in [5, 5.41) is 9.39. The highest BCUT2D eigenvalue weighted by Crippen LogP contribution is 2.39. The van der Waals surface area contributed by atoms with E-state index < -0.39 is 18.9 Å². The van der Waals surface area contributed by atoms with E-state index in [1.54, 1.807) is 42.5 Å². The van der Waals surface area contributed by atoms with Gasteiger partial charge >= 0.3 is 0 Å². The minimum Gasteiger partial charge on any atom is -0.494 e. The number of benzene rings is 2. The van der Waals surface area contributed by atoms with Crippen molar-refractivity contribution >= 4 is 58.8 Å². The molecule has 37 heavy (non-hydrogen) atoms. The Bertz CT molecular complexity index is 1420. The Hall–Kier alpha value is -3.64. The zero-order valence-corrected chi connectivity index (χ0v) is 22.7. The first-order chi connectivity index (χ1) is 17.5. The van der Waals surface area contributed by atoms with Crippen molar-refractivity contribution in [2.45, 2.75) is 0 Å². The van der Waals surface area contributed by atoms with Gasteiger partial charge in [0.15, 0.2) is 11.6 Å². The largest absolute Gasteiger partial charge is 0.494 e. The molecule has 0 unspecified atom stereocenters. The van der Waals surface area contributed by atoms with Crippen LogP contribution in [0.3, 0.4) is 0 Å². The fourth-order valence-corrected chi connectivity index (χ4v) is 4.45. The van der Waals surface area contributed by atoms with Crippen LogP contribution in [0.2, 0.25) is 5.02 Å². The molecule has 2 aromatic carbocycles. The van der Waals surface area contributed by atoms with Crippen LogP contribution >= 0.6 is 18.7 Å². The van der Waals surface area contributed by atoms with Crippen LogP contribution in [-0.4, -0.2) is 61.9 Å². The predicted molar refractivity (Wildman–Crippen MR) is 147 cm³/mol. The van der Waals surface area contributed by atoms with Crippen molar-refractivity contribution < 1.29 is 18.5 Å². The third-order valence-corrected chi connectivity index (χ3v) is 6.69. The molecule has 0 fully saturated rings. The van der Waals surface area contributed by atoms with Crippen LogP contribution in [0.25, 0.3) is 0 Å². The number of carbonyl (C=O) groups is 1. The number of hydrogen-bond donors (Lipinski definition) is 3. The second kappa shape index (κ2) is 12.1. The van der Waals surface area contributed by atoms with Crippen molar-refractivity contribution in [1.29, 1.82) is 0 Å². The lowest BCUT2D eigenvalue weighted by Gasteiger charge is -2.16. The van der Waals surface area contributed by atoms with E-state index in [1.165, 1.54) is 19.4 Å². The highest BCUT2D eigenvalue weighted by Gasteiger charge is 2.18. The lowest BCUT2D eigenvalue weighted by atomic mass is 10.2. The highest BCUT2D eigenvalue weighted by molar-refractivity contribution is 7.70. The summed E-state index contributed by atoms with van der Waals surface area (Å²) in [4.78, 5) is 22.5. The molecule has 9 nitrogen and oxygen atoms in total. The van der Waals surface area contributed by atoms with Gasteiger partial charge in [0.05, 0.1) is 36.9 Å². The van der Waals surface area contributed by atoms with E-state index >= 15 is 0 Å². The molecule has 12 heteroatoms. The SMILES string of the molecule is COc1cc(F)c(NC(=O)C#CCN(C)C)cc1Nc1ncc(Cl)c(Nc2ccccc2P(C)(C)=O)n1. The van der Waals surface area contributed by atoms with Gasteiger partial charge in [-0.2, -0.15) is 4.98 Å². The van der Waals surface area contributed by atoms with E-state index in [0.717, 1.165) is 6.07 Å². The number of nitrogens with one attached hydrogen (secondary N) is 3. The molecule has 0 saturated carbocycles. The Labute approximate surface area is 220 Å². The average molecular weight is 545 g/mol. The Kier molecular flexibility index (Phi) is 9.11. The lowest BCUT2D eigenvalue weighted by molar-refractivity contribution is -0.111. The van der Waals surface area contributed by atoms with E-state index in [9.17, 15) is 13.8 Å². The molecular weight excluding hydrogens is 518 g/mol. The molecule has 1 heterocycles. The van der Waals surface area contributed by atoms with Crippen LogP contribution in [0, 0.1) is 17.7 Å². The monoisotopic (exact) mass is 544 g/mol. The third-order valence-electron chi connectivity index (χ3n) is 4.86. The Morgan fingerprint density at radius 3 is 2.57 bits per heavy atom. The summed E-state index contributed by atoms with van der Waals surface area (Å²) in [7, 11) is 2.43. The number of para-hydroxylation sites is 1. The zero-order chi connectivity index (χ0) is 27.2. The molecule has 1 aromatic heterocycles. The minimum atomic E-state index is -2.58. The highest BCUT2D eigenvalue weighted by atomic mass is 35.5. The maximum absolute atomic E-state index is 14.6. The molecule has 0 aliphatic rings. The summed E-state index contributed by atoms with van der Waals surface area (Å²) in [6, 6.07) is 9.64. The van der Waals surface area contributed by atoms with E-state index in [2.05, 4.69) is 37.8 Å². The van der Waals surface area contributed by atoms with Crippen LogP contribution in [0.5, 0.6) is 5.75 Å². The number of nitrogens with zero attached hydrogens (tertiary/aromatic N) is 3. The zero-order valence-electron chi connectivity index (χ0n) is 21.0. The van der Waals surface area contributed by atoms with Gasteiger partial charge in [0, 0.05) is 11.4 Å². The van der Waals surface area contributed by atoms with Gasteiger partial charge in [0.25, 0.3) is 5.91 Å². The molecule has 3 rings (SSSR count). The van der Waals surface area contributed by atoms with Gasteiger partial charge < -0.3 is 25.3 Å². The second-order valence-electron chi connectivity index (χ2n) is 8.53. The molecule has 0 saturated heterocycles. The summed E-state index contributed by atoms with van der Waals surface area (Å²) in [5.41, 5.74) is 0.790. The molecular formula is C25H27ClFN6O3P. The molecule has 3 aromatic rings. The van der Waals surface area contributed by atoms with Crippen molar-refractivity contribution in [3.8, 4) is 17.6 Å². The van der Waals surface area contributed by atoms with Crippen molar-refractivity contribution in [2.24, 2.45) is 0 Å². The Balaban J connectivity index is 1.89. The maximum atomic E-state index is 14.6. The quantitative estimate of drug-likeness (QED) is 0.281. The van der Waals surface area contributed by atoms with Gasteiger partial charge in [0.1, 0.15) is 17.9 Å². The number of hydrogen-bond acceptors (Lipinski definition) is 8. The number of amides is 1. The van der Waals surface area contributed by atoms with E-state index in [0.29, 0.717) is 23.2 Å². The summed E-state index contributed by atoms with van der Waals surface area (Å²) < 4.78 is 32.6. The first-order valence-corrected chi connectivity index (χ1v) is 14.0. The first kappa shape index (κ1) is 27.9. The second-order valence-corrected chi connectivity index (χ2v) is 12.1. The lowest BCUT2D eigenvalue weighted by Crippen LogP contribution is -2.14. The fourth-order valence-electron chi connectivity index (χ4n) is 3.16. The maximum Gasteiger partial charge on any atom is 0.300 e. The van der Waals surface area contributed by atoms with Gasteiger partial charge in [-0.05, 0) is 51.5 Å². The van der Waals surface area contributed by atoms with Crippen LogP contribution in [0.15, 0.2) is 42.6 Å². The molecule has 0 atom stereocenters. The number of aromatic nitrogens is 2. The molecule has 1 amide bonds. The molecule has 0 aliphatic carbocycles. The smallest absolute Gasteiger partial charge is 0.300 e. The number of halogens is 2. The molecule has 0 spiro atoms. The summed E-state index contributed by atoms with van der Waals surface area (Å²) in [5.74, 6) is 4.29.